The van der Waals surface area contributed by atoms with Crippen molar-refractivity contribution in [2.75, 3.05) is 13.2 Å². The molecule has 7 nitrogen and oxygen atoms in total. The largest absolute Gasteiger partial charge is 0.481 e. The van der Waals surface area contributed by atoms with Crippen molar-refractivity contribution >= 4 is 18.0 Å². The van der Waals surface area contributed by atoms with Crippen LogP contribution in [0.3, 0.4) is 0 Å². The van der Waals surface area contributed by atoms with Gasteiger partial charge >= 0.3 is 12.1 Å². The highest BCUT2D eigenvalue weighted by Crippen LogP contribution is 2.44. The smallest absolute Gasteiger partial charge is 0.407 e. The van der Waals surface area contributed by atoms with E-state index in [1.807, 2.05) is 31.2 Å². The normalized spacial score (nSPS) is 13.5. The van der Waals surface area contributed by atoms with Crippen molar-refractivity contribution in [3.05, 3.63) is 59.7 Å². The van der Waals surface area contributed by atoms with Crippen LogP contribution in [0.25, 0.3) is 11.1 Å². The molecule has 0 saturated heterocycles. The first-order chi connectivity index (χ1) is 15.7. The van der Waals surface area contributed by atoms with Gasteiger partial charge in [0.15, 0.2) is 0 Å². The number of aliphatic carboxylic acids is 1. The molecule has 3 rings (SSSR count). The van der Waals surface area contributed by atoms with Crippen LogP contribution in [0.1, 0.15) is 57.1 Å². The van der Waals surface area contributed by atoms with Crippen molar-refractivity contribution in [1.29, 1.82) is 0 Å². The van der Waals surface area contributed by atoms with Gasteiger partial charge in [-0.05, 0) is 48.9 Å². The summed E-state index contributed by atoms with van der Waals surface area (Å²) in [4.78, 5) is 35.9. The predicted octanol–water partition coefficient (Wildman–Crippen LogP) is 4.31. The number of alkyl carbamates (subject to hydrolysis) is 1. The van der Waals surface area contributed by atoms with E-state index in [1.54, 1.807) is 13.8 Å². The number of ether oxygens (including phenoxy) is 1. The second-order valence-corrected chi connectivity index (χ2v) is 9.07. The SMILES string of the molecule is CCC(CCC(=O)O)NC(=O)C(C)(C)CNC(=O)OCC1c2ccccc2-c2ccccc21. The van der Waals surface area contributed by atoms with Crippen LogP contribution >= 0.6 is 0 Å². The van der Waals surface area contributed by atoms with Crippen LogP contribution in [0, 0.1) is 5.41 Å². The van der Waals surface area contributed by atoms with Gasteiger partial charge in [-0.2, -0.15) is 0 Å². The van der Waals surface area contributed by atoms with Crippen LogP contribution in [0.5, 0.6) is 0 Å². The third-order valence-electron chi connectivity index (χ3n) is 6.17. The summed E-state index contributed by atoms with van der Waals surface area (Å²) in [7, 11) is 0. The van der Waals surface area contributed by atoms with E-state index in [2.05, 4.69) is 34.9 Å². The Kier molecular flexibility index (Phi) is 7.74. The van der Waals surface area contributed by atoms with E-state index in [1.165, 1.54) is 0 Å². The van der Waals surface area contributed by atoms with Crippen LogP contribution in [-0.4, -0.2) is 42.3 Å². The van der Waals surface area contributed by atoms with Gasteiger partial charge in [0.05, 0.1) is 5.41 Å². The second kappa shape index (κ2) is 10.5. The molecule has 1 aliphatic rings. The summed E-state index contributed by atoms with van der Waals surface area (Å²) in [5, 5.41) is 14.5. The molecule has 0 bridgehead atoms. The molecular formula is C26H32N2O5. The summed E-state index contributed by atoms with van der Waals surface area (Å²) in [6, 6.07) is 16.0. The van der Waals surface area contributed by atoms with Gasteiger partial charge < -0.3 is 20.5 Å². The summed E-state index contributed by atoms with van der Waals surface area (Å²) in [5.41, 5.74) is 3.72. The number of benzene rings is 2. The molecule has 0 spiro atoms. The summed E-state index contributed by atoms with van der Waals surface area (Å²) in [6.07, 6.45) is 0.426. The number of nitrogens with one attached hydrogen (secondary N) is 2. The lowest BCUT2D eigenvalue weighted by Crippen LogP contribution is -2.48. The first-order valence-electron chi connectivity index (χ1n) is 11.3. The number of carbonyl (C=O) groups is 3. The predicted molar refractivity (Wildman–Crippen MR) is 126 cm³/mol. The fourth-order valence-corrected chi connectivity index (χ4v) is 4.08. The zero-order chi connectivity index (χ0) is 24.0. The molecule has 0 saturated carbocycles. The fourth-order valence-electron chi connectivity index (χ4n) is 4.08. The minimum absolute atomic E-state index is 0.00276. The summed E-state index contributed by atoms with van der Waals surface area (Å²) >= 11 is 0. The zero-order valence-electron chi connectivity index (χ0n) is 19.4. The number of carboxylic acid groups (broad SMARTS) is 1. The Labute approximate surface area is 194 Å². The summed E-state index contributed by atoms with van der Waals surface area (Å²) < 4.78 is 5.53. The standard InChI is InChI=1S/C26H32N2O5/c1-4-17(13-14-23(29)30)28-24(31)26(2,3)16-27-25(32)33-15-22-20-11-7-5-9-18(20)19-10-6-8-12-21(19)22/h5-12,17,22H,4,13-16H2,1-3H3,(H,27,32)(H,28,31)(H,29,30). The molecule has 2 amide bonds. The molecule has 33 heavy (non-hydrogen) atoms. The highest BCUT2D eigenvalue weighted by molar-refractivity contribution is 5.83. The minimum atomic E-state index is -0.890. The maximum absolute atomic E-state index is 12.7. The third kappa shape index (κ3) is 5.92. The Balaban J connectivity index is 1.53. The van der Waals surface area contributed by atoms with Gasteiger partial charge in [0.2, 0.25) is 5.91 Å². The fraction of sp³-hybridized carbons (Fsp3) is 0.423. The topological polar surface area (TPSA) is 105 Å². The molecule has 0 fully saturated rings. The first kappa shape index (κ1) is 24.3. The number of hydrogen-bond donors (Lipinski definition) is 3. The van der Waals surface area contributed by atoms with E-state index in [9.17, 15) is 14.4 Å². The molecule has 176 valence electrons. The minimum Gasteiger partial charge on any atom is -0.481 e. The molecule has 2 aromatic rings. The molecule has 7 heteroatoms. The monoisotopic (exact) mass is 452 g/mol. The molecule has 0 aromatic heterocycles. The molecule has 0 aliphatic heterocycles. The molecule has 1 atom stereocenters. The van der Waals surface area contributed by atoms with Crippen molar-refractivity contribution in [3.8, 4) is 11.1 Å². The van der Waals surface area contributed by atoms with Crippen LogP contribution in [0.2, 0.25) is 0 Å². The Morgan fingerprint density at radius 3 is 2.15 bits per heavy atom. The second-order valence-electron chi connectivity index (χ2n) is 9.07. The van der Waals surface area contributed by atoms with E-state index in [4.69, 9.17) is 9.84 Å². The number of rotatable bonds is 10. The van der Waals surface area contributed by atoms with Gasteiger partial charge in [-0.25, -0.2) is 4.79 Å². The maximum Gasteiger partial charge on any atom is 0.407 e. The van der Waals surface area contributed by atoms with Crippen molar-refractivity contribution in [2.24, 2.45) is 5.41 Å². The Bertz CT molecular complexity index is 972. The van der Waals surface area contributed by atoms with Gasteiger partial charge in [-0.15, -0.1) is 0 Å². The molecule has 0 radical (unpaired) electrons. The van der Waals surface area contributed by atoms with E-state index in [0.717, 1.165) is 22.3 Å². The number of fused-ring (bicyclic) bond motifs is 3. The quantitative estimate of drug-likeness (QED) is 0.498. The van der Waals surface area contributed by atoms with E-state index < -0.39 is 17.5 Å². The molecule has 1 aliphatic carbocycles. The first-order valence-corrected chi connectivity index (χ1v) is 11.3. The van der Waals surface area contributed by atoms with Gasteiger partial charge in [0, 0.05) is 24.9 Å². The average Bonchev–Trinajstić information content (AvgIpc) is 3.12. The highest BCUT2D eigenvalue weighted by Gasteiger charge is 2.31. The Morgan fingerprint density at radius 2 is 1.61 bits per heavy atom. The molecule has 3 N–H and O–H groups in total. The van der Waals surface area contributed by atoms with Crippen molar-refractivity contribution < 1.29 is 24.2 Å². The molecule has 1 unspecified atom stereocenters. The van der Waals surface area contributed by atoms with Gasteiger partial charge in [-0.3, -0.25) is 9.59 Å². The van der Waals surface area contributed by atoms with Crippen molar-refractivity contribution in [1.82, 2.24) is 10.6 Å². The van der Waals surface area contributed by atoms with Gasteiger partial charge in [-0.1, -0.05) is 55.5 Å². The Hall–Kier alpha value is -3.35. The maximum atomic E-state index is 12.7. The average molecular weight is 453 g/mol. The van der Waals surface area contributed by atoms with Gasteiger partial charge in [0.1, 0.15) is 6.61 Å². The van der Waals surface area contributed by atoms with Crippen LogP contribution < -0.4 is 10.6 Å². The van der Waals surface area contributed by atoms with Crippen molar-refractivity contribution in [3.63, 3.8) is 0 Å². The van der Waals surface area contributed by atoms with Crippen LogP contribution in [0.15, 0.2) is 48.5 Å². The number of carboxylic acids is 1. The van der Waals surface area contributed by atoms with Crippen LogP contribution in [-0.2, 0) is 14.3 Å². The van der Waals surface area contributed by atoms with E-state index in [0.29, 0.717) is 12.8 Å². The highest BCUT2D eigenvalue weighted by atomic mass is 16.5. The van der Waals surface area contributed by atoms with Crippen LogP contribution in [0.4, 0.5) is 4.79 Å². The Morgan fingerprint density at radius 1 is 1.03 bits per heavy atom. The number of amides is 2. The zero-order valence-corrected chi connectivity index (χ0v) is 19.4. The number of carbonyl (C=O) groups excluding carboxylic acids is 2. The van der Waals surface area contributed by atoms with Gasteiger partial charge in [0.25, 0.3) is 0 Å². The molecule has 0 heterocycles. The molecular weight excluding hydrogens is 420 g/mol. The number of hydrogen-bond acceptors (Lipinski definition) is 4. The van der Waals surface area contributed by atoms with E-state index >= 15 is 0 Å². The third-order valence-corrected chi connectivity index (χ3v) is 6.17. The summed E-state index contributed by atoms with van der Waals surface area (Å²) in [6.45, 7) is 5.67. The molecule has 2 aromatic carbocycles. The lowest BCUT2D eigenvalue weighted by molar-refractivity contribution is -0.137. The van der Waals surface area contributed by atoms with Crippen molar-refractivity contribution in [2.45, 2.75) is 52.0 Å². The lowest BCUT2D eigenvalue weighted by Gasteiger charge is -2.27. The van der Waals surface area contributed by atoms with E-state index in [-0.39, 0.29) is 37.4 Å². The summed E-state index contributed by atoms with van der Waals surface area (Å²) in [5.74, 6) is -1.16. The lowest BCUT2D eigenvalue weighted by atomic mass is 9.91.